The highest BCUT2D eigenvalue weighted by Gasteiger charge is 2.19. The number of nitrogen functional groups attached to an aromatic ring is 1. The minimum atomic E-state index is 0.0141. The van der Waals surface area contributed by atoms with Crippen LogP contribution in [-0.2, 0) is 26.0 Å². The highest BCUT2D eigenvalue weighted by atomic mass is 32.1. The van der Waals surface area contributed by atoms with Gasteiger partial charge in [-0.05, 0) is 72.0 Å². The standard InChI is InChI=1S/C36H36N2O3S/c37-31-22-28(18-19-33(31)41-25-27-12-5-2-6-13-27)32(39)24-38(23-26-10-3-1-4-11-26)20-21-40-34-16-9-15-30-29-14-7-8-17-35(29)42-36(30)34/h1-6,9-13,15-16,18-19,22H,7-8,14,17,20-21,23-25,37H2. The summed E-state index contributed by atoms with van der Waals surface area (Å²) in [5.41, 5.74) is 11.1. The van der Waals surface area contributed by atoms with Crippen molar-refractivity contribution in [2.24, 2.45) is 0 Å². The van der Waals surface area contributed by atoms with E-state index in [0.29, 0.717) is 43.3 Å². The van der Waals surface area contributed by atoms with Gasteiger partial charge in [0.2, 0.25) is 0 Å². The smallest absolute Gasteiger partial charge is 0.176 e. The summed E-state index contributed by atoms with van der Waals surface area (Å²) >= 11 is 1.89. The Morgan fingerprint density at radius 2 is 1.57 bits per heavy atom. The number of anilines is 1. The number of hydrogen-bond donors (Lipinski definition) is 1. The minimum absolute atomic E-state index is 0.0141. The molecular formula is C36H36N2O3S. The van der Waals surface area contributed by atoms with Crippen molar-refractivity contribution >= 4 is 32.9 Å². The summed E-state index contributed by atoms with van der Waals surface area (Å²) in [7, 11) is 0. The molecule has 6 heteroatoms. The molecule has 0 unspecified atom stereocenters. The fourth-order valence-corrected chi connectivity index (χ4v) is 6.95. The fraction of sp³-hybridized carbons (Fsp3) is 0.250. The van der Waals surface area contributed by atoms with Crippen LogP contribution < -0.4 is 15.2 Å². The first kappa shape index (κ1) is 28.0. The SMILES string of the molecule is Nc1cc(C(=O)CN(CCOc2cccc3c4c(sc23)CCCC4)Cc2ccccc2)ccc1OCc1ccccc1. The van der Waals surface area contributed by atoms with E-state index in [1.165, 1.54) is 39.8 Å². The second kappa shape index (κ2) is 13.2. The van der Waals surface area contributed by atoms with Gasteiger partial charge in [-0.1, -0.05) is 72.8 Å². The summed E-state index contributed by atoms with van der Waals surface area (Å²) in [6, 6.07) is 31.9. The van der Waals surface area contributed by atoms with Crippen LogP contribution in [0.5, 0.6) is 11.5 Å². The molecule has 0 aliphatic heterocycles. The van der Waals surface area contributed by atoms with Crippen LogP contribution in [0, 0.1) is 0 Å². The van der Waals surface area contributed by atoms with Crippen molar-refractivity contribution in [3.63, 3.8) is 0 Å². The lowest BCUT2D eigenvalue weighted by molar-refractivity contribution is 0.0912. The summed E-state index contributed by atoms with van der Waals surface area (Å²) in [6.07, 6.45) is 4.87. The lowest BCUT2D eigenvalue weighted by Gasteiger charge is -2.22. The van der Waals surface area contributed by atoms with Gasteiger partial charge in [-0.2, -0.15) is 0 Å². The van der Waals surface area contributed by atoms with Crippen LogP contribution in [-0.4, -0.2) is 30.4 Å². The Bertz CT molecular complexity index is 1650. The molecule has 0 fully saturated rings. The minimum Gasteiger partial charge on any atom is -0.491 e. The number of ether oxygens (including phenoxy) is 2. The van der Waals surface area contributed by atoms with Crippen LogP contribution in [0.25, 0.3) is 10.1 Å². The third-order valence-electron chi connectivity index (χ3n) is 7.80. The number of thiophene rings is 1. The van der Waals surface area contributed by atoms with Crippen molar-refractivity contribution in [1.29, 1.82) is 0 Å². The molecule has 0 saturated carbocycles. The highest BCUT2D eigenvalue weighted by molar-refractivity contribution is 7.19. The highest BCUT2D eigenvalue weighted by Crippen LogP contribution is 2.40. The number of rotatable bonds is 12. The summed E-state index contributed by atoms with van der Waals surface area (Å²) in [5, 5.41) is 1.34. The maximum absolute atomic E-state index is 13.4. The van der Waals surface area contributed by atoms with Gasteiger partial charge in [-0.3, -0.25) is 9.69 Å². The van der Waals surface area contributed by atoms with Crippen molar-refractivity contribution in [1.82, 2.24) is 4.90 Å². The molecule has 5 nitrogen and oxygen atoms in total. The molecule has 6 rings (SSSR count). The van der Waals surface area contributed by atoms with Crippen LogP contribution in [0.4, 0.5) is 5.69 Å². The molecule has 42 heavy (non-hydrogen) atoms. The summed E-state index contributed by atoms with van der Waals surface area (Å²) < 4.78 is 13.5. The van der Waals surface area contributed by atoms with Gasteiger partial charge in [0.1, 0.15) is 24.7 Å². The van der Waals surface area contributed by atoms with Crippen LogP contribution in [0.15, 0.2) is 97.1 Å². The van der Waals surface area contributed by atoms with Crippen LogP contribution >= 0.6 is 11.3 Å². The van der Waals surface area contributed by atoms with E-state index in [9.17, 15) is 4.79 Å². The summed E-state index contributed by atoms with van der Waals surface area (Å²) in [5.74, 6) is 1.53. The zero-order chi connectivity index (χ0) is 28.7. The molecule has 1 aliphatic carbocycles. The molecule has 0 saturated heterocycles. The first-order valence-corrected chi connectivity index (χ1v) is 15.5. The van der Waals surface area contributed by atoms with Gasteiger partial charge in [0.15, 0.2) is 5.78 Å². The number of ketones is 1. The third-order valence-corrected chi connectivity index (χ3v) is 9.12. The summed E-state index contributed by atoms with van der Waals surface area (Å²) in [6.45, 7) is 2.46. The maximum atomic E-state index is 13.4. The average molecular weight is 577 g/mol. The largest absolute Gasteiger partial charge is 0.491 e. The van der Waals surface area contributed by atoms with Crippen LogP contribution in [0.1, 0.15) is 44.8 Å². The van der Waals surface area contributed by atoms with Crippen molar-refractivity contribution < 1.29 is 14.3 Å². The third kappa shape index (κ3) is 6.67. The van der Waals surface area contributed by atoms with Gasteiger partial charge >= 0.3 is 0 Å². The number of nitrogens with two attached hydrogens (primary N) is 1. The Morgan fingerprint density at radius 3 is 2.36 bits per heavy atom. The number of benzene rings is 4. The molecule has 2 N–H and O–H groups in total. The van der Waals surface area contributed by atoms with Crippen molar-refractivity contribution in [2.45, 2.75) is 38.8 Å². The molecule has 0 atom stereocenters. The van der Waals surface area contributed by atoms with E-state index in [4.69, 9.17) is 15.2 Å². The predicted octanol–water partition coefficient (Wildman–Crippen LogP) is 7.71. The number of fused-ring (bicyclic) bond motifs is 3. The predicted molar refractivity (Wildman–Crippen MR) is 172 cm³/mol. The van der Waals surface area contributed by atoms with Crippen molar-refractivity contribution in [3.8, 4) is 11.5 Å². The molecular weight excluding hydrogens is 540 g/mol. The van der Waals surface area contributed by atoms with Gasteiger partial charge in [0.05, 0.1) is 16.9 Å². The maximum Gasteiger partial charge on any atom is 0.176 e. The molecule has 0 amide bonds. The summed E-state index contributed by atoms with van der Waals surface area (Å²) in [4.78, 5) is 17.1. The Hall–Kier alpha value is -4.13. The molecule has 0 spiro atoms. The monoisotopic (exact) mass is 576 g/mol. The van der Waals surface area contributed by atoms with Crippen LogP contribution in [0.3, 0.4) is 0 Å². The molecule has 1 aromatic heterocycles. The van der Waals surface area contributed by atoms with Gasteiger partial charge in [0, 0.05) is 23.5 Å². The number of carbonyl (C=O) groups excluding carboxylic acids is 1. The number of aryl methyl sites for hydroxylation is 2. The van der Waals surface area contributed by atoms with Gasteiger partial charge in [-0.25, -0.2) is 0 Å². The molecule has 0 bridgehead atoms. The second-order valence-corrected chi connectivity index (χ2v) is 11.9. The topological polar surface area (TPSA) is 64.8 Å². The Labute approximate surface area is 251 Å². The Kier molecular flexibility index (Phi) is 8.83. The van der Waals surface area contributed by atoms with E-state index in [1.54, 1.807) is 18.2 Å². The van der Waals surface area contributed by atoms with Gasteiger partial charge in [-0.15, -0.1) is 11.3 Å². The van der Waals surface area contributed by atoms with Crippen LogP contribution in [0.2, 0.25) is 0 Å². The van der Waals surface area contributed by atoms with E-state index < -0.39 is 0 Å². The zero-order valence-corrected chi connectivity index (χ0v) is 24.6. The molecule has 214 valence electrons. The fourth-order valence-electron chi connectivity index (χ4n) is 5.59. The van der Waals surface area contributed by atoms with E-state index >= 15 is 0 Å². The molecule has 1 heterocycles. The normalized spacial score (nSPS) is 12.8. The number of Topliss-reactive ketones (excluding diaryl/α,β-unsaturated/α-hetero) is 1. The van der Waals surface area contributed by atoms with E-state index in [1.807, 2.05) is 59.9 Å². The van der Waals surface area contributed by atoms with E-state index in [-0.39, 0.29) is 12.3 Å². The zero-order valence-electron chi connectivity index (χ0n) is 23.8. The van der Waals surface area contributed by atoms with E-state index in [2.05, 4.69) is 35.2 Å². The number of nitrogens with zero attached hydrogens (tertiary/aromatic N) is 1. The lowest BCUT2D eigenvalue weighted by Crippen LogP contribution is -2.33. The first-order valence-electron chi connectivity index (χ1n) is 14.7. The lowest BCUT2D eigenvalue weighted by atomic mass is 9.96. The molecule has 1 aliphatic rings. The number of carbonyl (C=O) groups is 1. The van der Waals surface area contributed by atoms with Crippen molar-refractivity contribution in [3.05, 3.63) is 124 Å². The molecule has 4 aromatic carbocycles. The Balaban J connectivity index is 1.12. The van der Waals surface area contributed by atoms with Gasteiger partial charge in [0.25, 0.3) is 0 Å². The molecule has 0 radical (unpaired) electrons. The van der Waals surface area contributed by atoms with Crippen molar-refractivity contribution in [2.75, 3.05) is 25.4 Å². The second-order valence-electron chi connectivity index (χ2n) is 10.8. The quantitative estimate of drug-likeness (QED) is 0.122. The average Bonchev–Trinajstić information content (AvgIpc) is 3.41. The van der Waals surface area contributed by atoms with E-state index in [0.717, 1.165) is 23.3 Å². The Morgan fingerprint density at radius 1 is 0.810 bits per heavy atom. The number of hydrogen-bond acceptors (Lipinski definition) is 6. The van der Waals surface area contributed by atoms with Gasteiger partial charge < -0.3 is 15.2 Å². The molecule has 5 aromatic rings. The first-order chi connectivity index (χ1) is 20.6.